The van der Waals surface area contributed by atoms with E-state index in [1.165, 1.54) is 24.3 Å². The second-order valence-corrected chi connectivity index (χ2v) is 8.95. The number of sulfonamides is 1. The largest absolute Gasteiger partial charge is 0.380 e. The van der Waals surface area contributed by atoms with E-state index in [4.69, 9.17) is 4.74 Å². The molecule has 0 radical (unpaired) electrons. The van der Waals surface area contributed by atoms with Crippen molar-refractivity contribution < 1.29 is 17.9 Å². The molecule has 0 fully saturated rings. The summed E-state index contributed by atoms with van der Waals surface area (Å²) in [5, 5.41) is 2.85. The summed E-state index contributed by atoms with van der Waals surface area (Å²) in [7, 11) is -2.00. The number of ether oxygens (including phenoxy) is 1. The van der Waals surface area contributed by atoms with Crippen LogP contribution >= 0.6 is 0 Å². The Balaban J connectivity index is 2.06. The van der Waals surface area contributed by atoms with E-state index < -0.39 is 15.6 Å². The number of benzene rings is 2. The van der Waals surface area contributed by atoms with Gasteiger partial charge in [0.25, 0.3) is 5.91 Å². The van der Waals surface area contributed by atoms with Crippen LogP contribution < -0.4 is 10.0 Å². The lowest BCUT2D eigenvalue weighted by Gasteiger charge is -2.20. The Morgan fingerprint density at radius 3 is 2.15 bits per heavy atom. The highest BCUT2D eigenvalue weighted by Gasteiger charge is 2.22. The zero-order valence-corrected chi connectivity index (χ0v) is 16.9. The van der Waals surface area contributed by atoms with Gasteiger partial charge in [0.1, 0.15) is 0 Å². The van der Waals surface area contributed by atoms with Gasteiger partial charge in [0.2, 0.25) is 10.0 Å². The van der Waals surface area contributed by atoms with Gasteiger partial charge in [-0.25, -0.2) is 13.1 Å². The monoisotopic (exact) mass is 390 g/mol. The number of nitrogens with one attached hydrogen (secondary N) is 2. The third-order valence-corrected chi connectivity index (χ3v) is 5.50. The van der Waals surface area contributed by atoms with Gasteiger partial charge < -0.3 is 10.1 Å². The zero-order valence-electron chi connectivity index (χ0n) is 16.1. The highest BCUT2D eigenvalue weighted by atomic mass is 32.2. The molecule has 0 aliphatic rings. The van der Waals surface area contributed by atoms with Gasteiger partial charge in [-0.3, -0.25) is 4.79 Å². The minimum absolute atomic E-state index is 0.124. The van der Waals surface area contributed by atoms with Gasteiger partial charge in [-0.2, -0.15) is 0 Å². The molecular weight excluding hydrogens is 364 g/mol. The van der Waals surface area contributed by atoms with Gasteiger partial charge >= 0.3 is 0 Å². The summed E-state index contributed by atoms with van der Waals surface area (Å²) in [4.78, 5) is 12.5. The molecule has 0 heterocycles. The Kier molecular flexibility index (Phi) is 6.75. The van der Waals surface area contributed by atoms with E-state index in [2.05, 4.69) is 10.0 Å². The summed E-state index contributed by atoms with van der Waals surface area (Å²) in [5.74, 6) is -0.269. The average molecular weight is 391 g/mol. The van der Waals surface area contributed by atoms with Crippen LogP contribution in [0.3, 0.4) is 0 Å². The summed E-state index contributed by atoms with van der Waals surface area (Å²) in [6.07, 6.45) is 0. The van der Waals surface area contributed by atoms with Crippen molar-refractivity contribution in [3.05, 3.63) is 65.2 Å². The highest BCUT2D eigenvalue weighted by Crippen LogP contribution is 2.14. The Labute approximate surface area is 161 Å². The van der Waals surface area contributed by atoms with Crippen LogP contribution in [-0.4, -0.2) is 27.0 Å². The molecule has 1 amide bonds. The molecule has 146 valence electrons. The lowest BCUT2D eigenvalue weighted by atomic mass is 10.1. The second-order valence-electron chi connectivity index (χ2n) is 7.26. The summed E-state index contributed by atoms with van der Waals surface area (Å²) >= 11 is 0. The van der Waals surface area contributed by atoms with E-state index in [1.807, 2.05) is 24.3 Å². The van der Waals surface area contributed by atoms with Crippen LogP contribution in [-0.2, 0) is 27.9 Å². The fourth-order valence-corrected chi connectivity index (χ4v) is 3.97. The molecule has 0 aliphatic carbocycles. The van der Waals surface area contributed by atoms with Gasteiger partial charge in [-0.15, -0.1) is 0 Å². The van der Waals surface area contributed by atoms with E-state index in [0.29, 0.717) is 18.7 Å². The number of amides is 1. The van der Waals surface area contributed by atoms with Crippen LogP contribution in [0, 0.1) is 0 Å². The molecule has 0 spiro atoms. The predicted molar refractivity (Wildman–Crippen MR) is 105 cm³/mol. The van der Waals surface area contributed by atoms with Crippen LogP contribution in [0.4, 0.5) is 0 Å². The van der Waals surface area contributed by atoms with E-state index >= 15 is 0 Å². The fraction of sp³-hybridized carbons (Fsp3) is 0.350. The second kappa shape index (κ2) is 8.65. The summed E-state index contributed by atoms with van der Waals surface area (Å²) in [6.45, 7) is 6.15. The third-order valence-electron chi connectivity index (χ3n) is 3.72. The molecule has 0 aliphatic heterocycles. The van der Waals surface area contributed by atoms with Crippen molar-refractivity contribution in [1.29, 1.82) is 0 Å². The number of carbonyl (C=O) groups is 1. The van der Waals surface area contributed by atoms with E-state index in [0.717, 1.165) is 11.1 Å². The number of methoxy groups -OCH3 is 1. The van der Waals surface area contributed by atoms with Crippen LogP contribution in [0.15, 0.2) is 53.4 Å². The number of hydrogen-bond donors (Lipinski definition) is 2. The zero-order chi connectivity index (χ0) is 20.1. The molecule has 2 rings (SSSR count). The maximum absolute atomic E-state index is 12.4. The molecule has 2 N–H and O–H groups in total. The van der Waals surface area contributed by atoms with Gasteiger partial charge in [0.15, 0.2) is 0 Å². The van der Waals surface area contributed by atoms with Gasteiger partial charge in [0, 0.05) is 24.8 Å². The lowest BCUT2D eigenvalue weighted by molar-refractivity contribution is 0.0950. The Morgan fingerprint density at radius 2 is 1.59 bits per heavy atom. The van der Waals surface area contributed by atoms with E-state index in [9.17, 15) is 13.2 Å². The molecule has 2 aromatic carbocycles. The standard InChI is InChI=1S/C20H26N2O4S/c1-20(2,3)22-27(24,25)18-11-9-15(10-12-18)19(23)21-13-16-7-5-6-8-17(16)14-26-4/h5-12,22H,13-14H2,1-4H3,(H,21,23). The summed E-state index contributed by atoms with van der Waals surface area (Å²) in [5.41, 5.74) is 1.80. The van der Waals surface area contributed by atoms with Crippen molar-refractivity contribution in [1.82, 2.24) is 10.0 Å². The molecule has 0 aromatic heterocycles. The van der Waals surface area contributed by atoms with Crippen LogP contribution in [0.2, 0.25) is 0 Å². The molecule has 7 heteroatoms. The van der Waals surface area contributed by atoms with Gasteiger partial charge in [-0.05, 0) is 56.2 Å². The van der Waals surface area contributed by atoms with Crippen LogP contribution in [0.1, 0.15) is 42.3 Å². The fourth-order valence-electron chi connectivity index (χ4n) is 2.55. The van der Waals surface area contributed by atoms with Crippen LogP contribution in [0.25, 0.3) is 0 Å². The maximum atomic E-state index is 12.4. The Bertz CT molecular complexity index is 885. The van der Waals surface area contributed by atoms with Crippen molar-refractivity contribution in [2.24, 2.45) is 0 Å². The molecule has 0 bridgehead atoms. The molecule has 2 aromatic rings. The van der Waals surface area contributed by atoms with Crippen molar-refractivity contribution >= 4 is 15.9 Å². The van der Waals surface area contributed by atoms with E-state index in [-0.39, 0.29) is 10.8 Å². The number of carbonyl (C=O) groups excluding carboxylic acids is 1. The quantitative estimate of drug-likeness (QED) is 0.761. The molecular formula is C20H26N2O4S. The van der Waals surface area contributed by atoms with Crippen molar-refractivity contribution in [2.75, 3.05) is 7.11 Å². The predicted octanol–water partition coefficient (Wildman–Crippen LogP) is 2.84. The Hall–Kier alpha value is -2.22. The first kappa shape index (κ1) is 21.1. The third kappa shape index (κ3) is 6.16. The summed E-state index contributed by atoms with van der Waals surface area (Å²) in [6, 6.07) is 13.6. The Morgan fingerprint density at radius 1 is 1.00 bits per heavy atom. The minimum atomic E-state index is -3.62. The minimum Gasteiger partial charge on any atom is -0.380 e. The molecule has 0 atom stereocenters. The first-order valence-electron chi connectivity index (χ1n) is 8.60. The topological polar surface area (TPSA) is 84.5 Å². The maximum Gasteiger partial charge on any atom is 0.251 e. The number of hydrogen-bond acceptors (Lipinski definition) is 4. The highest BCUT2D eigenvalue weighted by molar-refractivity contribution is 7.89. The first-order valence-corrected chi connectivity index (χ1v) is 10.1. The molecule has 0 saturated carbocycles. The first-order chi connectivity index (χ1) is 12.6. The molecule has 0 unspecified atom stereocenters. The normalized spacial score (nSPS) is 12.0. The van der Waals surface area contributed by atoms with Gasteiger partial charge in [-0.1, -0.05) is 24.3 Å². The van der Waals surface area contributed by atoms with Crippen molar-refractivity contribution in [3.63, 3.8) is 0 Å². The lowest BCUT2D eigenvalue weighted by Crippen LogP contribution is -2.40. The number of rotatable bonds is 7. The molecule has 0 saturated heterocycles. The smallest absolute Gasteiger partial charge is 0.251 e. The average Bonchev–Trinajstić information content (AvgIpc) is 2.59. The van der Waals surface area contributed by atoms with E-state index in [1.54, 1.807) is 27.9 Å². The van der Waals surface area contributed by atoms with Crippen LogP contribution in [0.5, 0.6) is 0 Å². The molecule has 27 heavy (non-hydrogen) atoms. The van der Waals surface area contributed by atoms with Crippen molar-refractivity contribution in [3.8, 4) is 0 Å². The van der Waals surface area contributed by atoms with Crippen molar-refractivity contribution in [2.45, 2.75) is 44.4 Å². The summed E-state index contributed by atoms with van der Waals surface area (Å²) < 4.78 is 32.4. The molecule has 6 nitrogen and oxygen atoms in total. The SMILES string of the molecule is COCc1ccccc1CNC(=O)c1ccc(S(=O)(=O)NC(C)(C)C)cc1. The van der Waals surface area contributed by atoms with Gasteiger partial charge in [0.05, 0.1) is 11.5 Å².